The van der Waals surface area contributed by atoms with Crippen molar-refractivity contribution in [3.05, 3.63) is 47.8 Å². The Hall–Kier alpha value is -3.23. The number of nitrogens with one attached hydrogen (secondary N) is 2. The summed E-state index contributed by atoms with van der Waals surface area (Å²) in [5.41, 5.74) is 0.993. The summed E-state index contributed by atoms with van der Waals surface area (Å²) in [6.45, 7) is -2.89. The molecule has 1 aromatic heterocycles. The third-order valence-electron chi connectivity index (χ3n) is 3.06. The molecule has 0 bridgehead atoms. The van der Waals surface area contributed by atoms with Crippen LogP contribution in [0.4, 0.5) is 14.5 Å². The van der Waals surface area contributed by atoms with Crippen LogP contribution in [0.15, 0.2) is 36.5 Å². The van der Waals surface area contributed by atoms with Crippen LogP contribution in [0.25, 0.3) is 6.08 Å². The number of carbonyl (C=O) groups excluding carboxylic acids is 2. The van der Waals surface area contributed by atoms with E-state index in [-0.39, 0.29) is 17.1 Å². The maximum absolute atomic E-state index is 12.1. The molecule has 0 aliphatic rings. The third-order valence-corrected chi connectivity index (χ3v) is 3.06. The smallest absolute Gasteiger partial charge is 0.387 e. The number of rotatable bonds is 6. The predicted octanol–water partition coefficient (Wildman–Crippen LogP) is 2.03. The highest BCUT2D eigenvalue weighted by Gasteiger charge is 2.15. The summed E-state index contributed by atoms with van der Waals surface area (Å²) in [6, 6.07) is 5.80. The van der Waals surface area contributed by atoms with Gasteiger partial charge < -0.3 is 15.4 Å². The highest BCUT2D eigenvalue weighted by molar-refractivity contribution is 6.06. The van der Waals surface area contributed by atoms with E-state index in [1.807, 2.05) is 0 Å². The Morgan fingerprint density at radius 3 is 2.56 bits per heavy atom. The number of anilines is 1. The number of amides is 2. The molecule has 0 spiro atoms. The SMILES string of the molecule is CNC(=O)c1nn(C)cc1NC(=O)/C=C\c1ccc(OC(F)F)cc1. The van der Waals surface area contributed by atoms with Crippen molar-refractivity contribution in [3.8, 4) is 5.75 Å². The maximum atomic E-state index is 12.1. The zero-order chi connectivity index (χ0) is 18.4. The van der Waals surface area contributed by atoms with E-state index in [2.05, 4.69) is 20.5 Å². The fraction of sp³-hybridized carbons (Fsp3) is 0.188. The van der Waals surface area contributed by atoms with Crippen molar-refractivity contribution in [2.24, 2.45) is 7.05 Å². The van der Waals surface area contributed by atoms with Gasteiger partial charge in [-0.05, 0) is 23.8 Å². The molecular formula is C16H16F2N4O3. The van der Waals surface area contributed by atoms with Crippen LogP contribution in [0.5, 0.6) is 5.75 Å². The Balaban J connectivity index is 2.03. The molecule has 1 aromatic carbocycles. The number of benzene rings is 1. The number of hydrogen-bond donors (Lipinski definition) is 2. The Morgan fingerprint density at radius 2 is 1.96 bits per heavy atom. The first-order valence-corrected chi connectivity index (χ1v) is 7.18. The van der Waals surface area contributed by atoms with E-state index in [0.717, 1.165) is 0 Å². The molecule has 9 heteroatoms. The minimum absolute atomic E-state index is 0.0298. The summed E-state index contributed by atoms with van der Waals surface area (Å²) in [5.74, 6) is -0.859. The molecule has 0 fully saturated rings. The molecule has 0 aliphatic carbocycles. The van der Waals surface area contributed by atoms with Gasteiger partial charge in [-0.25, -0.2) is 0 Å². The number of nitrogens with zero attached hydrogens (tertiary/aromatic N) is 2. The average Bonchev–Trinajstić information content (AvgIpc) is 2.93. The molecule has 0 aliphatic heterocycles. The zero-order valence-corrected chi connectivity index (χ0v) is 13.5. The Bertz CT molecular complexity index is 785. The lowest BCUT2D eigenvalue weighted by Crippen LogP contribution is -2.21. The highest BCUT2D eigenvalue weighted by atomic mass is 19.3. The summed E-state index contributed by atoms with van der Waals surface area (Å²) in [7, 11) is 3.09. The molecule has 0 radical (unpaired) electrons. The number of halogens is 2. The normalized spacial score (nSPS) is 10.9. The van der Waals surface area contributed by atoms with E-state index in [0.29, 0.717) is 5.56 Å². The van der Waals surface area contributed by atoms with Crippen molar-refractivity contribution in [3.63, 3.8) is 0 Å². The molecule has 0 atom stereocenters. The van der Waals surface area contributed by atoms with Crippen LogP contribution in [0.1, 0.15) is 16.1 Å². The van der Waals surface area contributed by atoms with Crippen molar-refractivity contribution >= 4 is 23.6 Å². The van der Waals surface area contributed by atoms with Crippen LogP contribution in [-0.4, -0.2) is 35.3 Å². The summed E-state index contributed by atoms with van der Waals surface area (Å²) >= 11 is 0. The fourth-order valence-corrected chi connectivity index (χ4v) is 1.97. The summed E-state index contributed by atoms with van der Waals surface area (Å²) in [5, 5.41) is 8.97. The van der Waals surface area contributed by atoms with E-state index in [1.165, 1.54) is 54.3 Å². The largest absolute Gasteiger partial charge is 0.435 e. The first-order chi connectivity index (χ1) is 11.9. The van der Waals surface area contributed by atoms with Crippen molar-refractivity contribution in [1.29, 1.82) is 0 Å². The topological polar surface area (TPSA) is 85.3 Å². The number of hydrogen-bond acceptors (Lipinski definition) is 4. The Kier molecular flexibility index (Phi) is 5.83. The molecule has 0 unspecified atom stereocenters. The van der Waals surface area contributed by atoms with Gasteiger partial charge in [-0.2, -0.15) is 13.9 Å². The van der Waals surface area contributed by atoms with E-state index in [1.54, 1.807) is 7.05 Å². The molecule has 25 heavy (non-hydrogen) atoms. The molecule has 2 aromatic rings. The molecule has 2 N–H and O–H groups in total. The second kappa shape index (κ2) is 8.04. The minimum atomic E-state index is -2.89. The molecular weight excluding hydrogens is 334 g/mol. The number of aryl methyl sites for hydroxylation is 1. The lowest BCUT2D eigenvalue weighted by Gasteiger charge is -2.04. The number of alkyl halides is 2. The minimum Gasteiger partial charge on any atom is -0.435 e. The van der Waals surface area contributed by atoms with Crippen LogP contribution >= 0.6 is 0 Å². The van der Waals surface area contributed by atoms with Crippen molar-refractivity contribution in [2.45, 2.75) is 6.61 Å². The first kappa shape index (κ1) is 18.1. The van der Waals surface area contributed by atoms with Crippen molar-refractivity contribution < 1.29 is 23.1 Å². The Morgan fingerprint density at radius 1 is 1.28 bits per heavy atom. The number of aromatic nitrogens is 2. The molecule has 1 heterocycles. The predicted molar refractivity (Wildman–Crippen MR) is 87.3 cm³/mol. The fourth-order valence-electron chi connectivity index (χ4n) is 1.97. The van der Waals surface area contributed by atoms with Crippen LogP contribution in [-0.2, 0) is 11.8 Å². The van der Waals surface area contributed by atoms with Crippen LogP contribution in [0, 0.1) is 0 Å². The molecule has 0 saturated heterocycles. The quantitative estimate of drug-likeness (QED) is 0.781. The van der Waals surface area contributed by atoms with E-state index >= 15 is 0 Å². The lowest BCUT2D eigenvalue weighted by molar-refractivity contribution is -0.111. The van der Waals surface area contributed by atoms with Gasteiger partial charge in [0.25, 0.3) is 5.91 Å². The van der Waals surface area contributed by atoms with Gasteiger partial charge in [0.15, 0.2) is 5.69 Å². The second-order valence-corrected chi connectivity index (χ2v) is 4.91. The second-order valence-electron chi connectivity index (χ2n) is 4.91. The standard InChI is InChI=1S/C16H16F2N4O3/c1-19-15(24)14-12(9-22(2)21-14)20-13(23)8-5-10-3-6-11(7-4-10)25-16(17)18/h3-9,16H,1-2H3,(H,19,24)(H,20,23)/b8-5-. The highest BCUT2D eigenvalue weighted by Crippen LogP contribution is 2.16. The van der Waals surface area contributed by atoms with Gasteiger partial charge in [0.2, 0.25) is 5.91 Å². The van der Waals surface area contributed by atoms with Gasteiger partial charge in [-0.3, -0.25) is 14.3 Å². The van der Waals surface area contributed by atoms with Crippen LogP contribution in [0.3, 0.4) is 0 Å². The van der Waals surface area contributed by atoms with Gasteiger partial charge in [0, 0.05) is 26.4 Å². The lowest BCUT2D eigenvalue weighted by atomic mass is 10.2. The van der Waals surface area contributed by atoms with Gasteiger partial charge >= 0.3 is 6.61 Å². The van der Waals surface area contributed by atoms with Gasteiger partial charge in [-0.1, -0.05) is 12.1 Å². The van der Waals surface area contributed by atoms with Crippen LogP contribution < -0.4 is 15.4 Å². The van der Waals surface area contributed by atoms with Gasteiger partial charge in [0.05, 0.1) is 5.69 Å². The van der Waals surface area contributed by atoms with Gasteiger partial charge in [-0.15, -0.1) is 0 Å². The third kappa shape index (κ3) is 5.13. The van der Waals surface area contributed by atoms with E-state index < -0.39 is 18.4 Å². The van der Waals surface area contributed by atoms with E-state index in [9.17, 15) is 18.4 Å². The molecule has 7 nitrogen and oxygen atoms in total. The van der Waals surface area contributed by atoms with Crippen molar-refractivity contribution in [2.75, 3.05) is 12.4 Å². The Labute approximate surface area is 142 Å². The van der Waals surface area contributed by atoms with Gasteiger partial charge in [0.1, 0.15) is 5.75 Å². The number of carbonyl (C=O) groups is 2. The average molecular weight is 350 g/mol. The maximum Gasteiger partial charge on any atom is 0.387 e. The summed E-state index contributed by atoms with van der Waals surface area (Å²) in [6.07, 6.45) is 4.26. The van der Waals surface area contributed by atoms with Crippen LogP contribution in [0.2, 0.25) is 0 Å². The molecule has 132 valence electrons. The summed E-state index contributed by atoms with van der Waals surface area (Å²) < 4.78 is 29.8. The molecule has 2 rings (SSSR count). The summed E-state index contributed by atoms with van der Waals surface area (Å²) in [4.78, 5) is 23.7. The zero-order valence-electron chi connectivity index (χ0n) is 13.5. The number of ether oxygens (including phenoxy) is 1. The van der Waals surface area contributed by atoms with Crippen molar-refractivity contribution in [1.82, 2.24) is 15.1 Å². The first-order valence-electron chi connectivity index (χ1n) is 7.18. The molecule has 2 amide bonds. The monoisotopic (exact) mass is 350 g/mol. The van der Waals surface area contributed by atoms with E-state index in [4.69, 9.17) is 0 Å². The molecule has 0 saturated carbocycles.